The summed E-state index contributed by atoms with van der Waals surface area (Å²) in [5.41, 5.74) is 3.58. The number of fused-ring (bicyclic) bond motifs is 1. The van der Waals surface area contributed by atoms with Crippen LogP contribution in [0.5, 0.6) is 0 Å². The lowest BCUT2D eigenvalue weighted by Gasteiger charge is -2.44. The summed E-state index contributed by atoms with van der Waals surface area (Å²) in [5.74, 6) is 1.68. The lowest BCUT2D eigenvalue weighted by molar-refractivity contribution is 0.0862. The highest BCUT2D eigenvalue weighted by molar-refractivity contribution is 5.38. The Kier molecular flexibility index (Phi) is 9.98. The Balaban J connectivity index is 1.37. The van der Waals surface area contributed by atoms with Gasteiger partial charge in [0.25, 0.3) is 0 Å². The summed E-state index contributed by atoms with van der Waals surface area (Å²) in [6, 6.07) is 0. The van der Waals surface area contributed by atoms with Crippen LogP contribution in [-0.4, -0.2) is 33.6 Å². The average Bonchev–Trinajstić information content (AvgIpc) is 3.59. The van der Waals surface area contributed by atoms with Gasteiger partial charge in [-0.05, 0) is 98.5 Å². The molecule has 0 radical (unpaired) electrons. The minimum atomic E-state index is -0.630. The van der Waals surface area contributed by atoms with Gasteiger partial charge in [0, 0.05) is 11.8 Å². The zero-order valence-electron chi connectivity index (χ0n) is 24.4. The SMILES string of the molecule is C=C1C(=CC=C2CCC[C@]3(C)[C@@H]([C@H](C)C=C[C@H](O)C4(C=CCCCCCC)CC4)CC[C@@H]23)C[C@@H](O)C[C@@H]1O. The fraction of sp³-hybridized carbons (Fsp3) is 0.714. The van der Waals surface area contributed by atoms with E-state index in [0.29, 0.717) is 30.6 Å². The molecule has 0 spiro atoms. The summed E-state index contributed by atoms with van der Waals surface area (Å²) >= 11 is 0. The van der Waals surface area contributed by atoms with Crippen molar-refractivity contribution in [1.82, 2.24) is 0 Å². The predicted molar refractivity (Wildman–Crippen MR) is 159 cm³/mol. The monoisotopic (exact) mass is 522 g/mol. The van der Waals surface area contributed by atoms with Gasteiger partial charge in [-0.3, -0.25) is 0 Å². The van der Waals surface area contributed by atoms with Gasteiger partial charge in [-0.2, -0.15) is 0 Å². The third-order valence-corrected chi connectivity index (χ3v) is 10.6. The molecule has 212 valence electrons. The van der Waals surface area contributed by atoms with Crippen molar-refractivity contribution in [2.24, 2.45) is 28.6 Å². The van der Waals surface area contributed by atoms with Gasteiger partial charge in [0.1, 0.15) is 0 Å². The van der Waals surface area contributed by atoms with Gasteiger partial charge in [0.15, 0.2) is 0 Å². The van der Waals surface area contributed by atoms with Gasteiger partial charge >= 0.3 is 0 Å². The van der Waals surface area contributed by atoms with Crippen LogP contribution in [0.25, 0.3) is 0 Å². The summed E-state index contributed by atoms with van der Waals surface area (Å²) in [7, 11) is 0. The van der Waals surface area contributed by atoms with Gasteiger partial charge in [0.05, 0.1) is 18.3 Å². The van der Waals surface area contributed by atoms with Crippen molar-refractivity contribution in [3.05, 3.63) is 59.8 Å². The molecule has 0 aromatic rings. The fourth-order valence-electron chi connectivity index (χ4n) is 7.93. The molecule has 4 aliphatic rings. The number of allylic oxidation sites excluding steroid dienone is 5. The second-order valence-electron chi connectivity index (χ2n) is 13.3. The Labute approximate surface area is 232 Å². The van der Waals surface area contributed by atoms with Crippen molar-refractivity contribution in [1.29, 1.82) is 0 Å². The van der Waals surface area contributed by atoms with Crippen LogP contribution in [0, 0.1) is 28.6 Å². The zero-order valence-corrected chi connectivity index (χ0v) is 24.4. The quantitative estimate of drug-likeness (QED) is 0.190. The molecule has 0 aromatic heterocycles. The Morgan fingerprint density at radius 3 is 2.58 bits per heavy atom. The molecular weight excluding hydrogens is 468 g/mol. The highest BCUT2D eigenvalue weighted by atomic mass is 16.3. The van der Waals surface area contributed by atoms with Crippen molar-refractivity contribution < 1.29 is 15.3 Å². The van der Waals surface area contributed by atoms with Crippen molar-refractivity contribution in [3.63, 3.8) is 0 Å². The molecule has 4 saturated carbocycles. The first kappa shape index (κ1) is 29.6. The van der Waals surface area contributed by atoms with Crippen LogP contribution in [0.4, 0.5) is 0 Å². The lowest BCUT2D eigenvalue weighted by atomic mass is 9.61. The maximum absolute atomic E-state index is 11.1. The molecular formula is C35H54O3. The van der Waals surface area contributed by atoms with Crippen LogP contribution in [0.1, 0.15) is 111 Å². The van der Waals surface area contributed by atoms with Crippen molar-refractivity contribution in [3.8, 4) is 0 Å². The molecule has 0 bridgehead atoms. The van der Waals surface area contributed by atoms with Crippen LogP contribution in [0.2, 0.25) is 0 Å². The standard InChI is InChI=1S/C35H54O3/c1-5-6-7-8-9-10-20-35(21-22-35)33(38)18-13-25(2)30-16-17-31-27(12-11-19-34(30,31)4)14-15-28-23-29(36)24-32(37)26(28)3/h10,13-15,18,20,25,29-33,36-38H,3,5-9,11-12,16-17,19,21-24H2,1-2,4H3/t25-,29-,30-,31+,32+,33+,34-/m1/s1. The molecule has 4 fully saturated rings. The molecule has 4 rings (SSSR count). The van der Waals surface area contributed by atoms with Crippen LogP contribution in [0.3, 0.4) is 0 Å². The molecule has 0 unspecified atom stereocenters. The van der Waals surface area contributed by atoms with Crippen LogP contribution >= 0.6 is 0 Å². The average molecular weight is 523 g/mol. The summed E-state index contributed by atoms with van der Waals surface area (Å²) in [6.07, 6.45) is 27.6. The lowest BCUT2D eigenvalue weighted by Crippen LogP contribution is -2.35. The molecule has 38 heavy (non-hydrogen) atoms. The first-order valence-electron chi connectivity index (χ1n) is 15.7. The minimum Gasteiger partial charge on any atom is -0.393 e. The van der Waals surface area contributed by atoms with Crippen molar-refractivity contribution >= 4 is 0 Å². The molecule has 0 saturated heterocycles. The summed E-state index contributed by atoms with van der Waals surface area (Å²) in [5, 5.41) is 31.4. The van der Waals surface area contributed by atoms with Gasteiger partial charge in [-0.15, -0.1) is 0 Å². The van der Waals surface area contributed by atoms with E-state index in [-0.39, 0.29) is 16.9 Å². The number of aliphatic hydroxyl groups excluding tert-OH is 3. The third kappa shape index (κ3) is 6.65. The van der Waals surface area contributed by atoms with E-state index in [1.54, 1.807) is 0 Å². The second-order valence-corrected chi connectivity index (χ2v) is 13.3. The van der Waals surface area contributed by atoms with Crippen molar-refractivity contribution in [2.75, 3.05) is 0 Å². The highest BCUT2D eigenvalue weighted by Gasteiger charge is 2.50. The maximum Gasteiger partial charge on any atom is 0.0811 e. The smallest absolute Gasteiger partial charge is 0.0811 e. The molecule has 3 N–H and O–H groups in total. The third-order valence-electron chi connectivity index (χ3n) is 10.6. The zero-order chi connectivity index (χ0) is 27.3. The van der Waals surface area contributed by atoms with E-state index in [1.807, 2.05) is 0 Å². The Hall–Kier alpha value is -1.42. The van der Waals surface area contributed by atoms with Crippen molar-refractivity contribution in [2.45, 2.75) is 129 Å². The number of aliphatic hydroxyl groups is 3. The number of rotatable bonds is 11. The highest BCUT2D eigenvalue weighted by Crippen LogP contribution is 2.59. The van der Waals surface area contributed by atoms with E-state index in [9.17, 15) is 15.3 Å². The maximum atomic E-state index is 11.1. The normalized spacial score (nSPS) is 36.8. The largest absolute Gasteiger partial charge is 0.393 e. The van der Waals surface area contributed by atoms with E-state index < -0.39 is 12.2 Å². The molecule has 0 aliphatic heterocycles. The summed E-state index contributed by atoms with van der Waals surface area (Å²) in [6.45, 7) is 11.2. The molecule has 0 heterocycles. The van der Waals surface area contributed by atoms with Crippen LogP contribution < -0.4 is 0 Å². The molecule has 0 aromatic carbocycles. The van der Waals surface area contributed by atoms with E-state index in [2.05, 4.69) is 63.8 Å². The van der Waals surface area contributed by atoms with E-state index in [0.717, 1.165) is 36.8 Å². The predicted octanol–water partition coefficient (Wildman–Crippen LogP) is 7.99. The van der Waals surface area contributed by atoms with E-state index >= 15 is 0 Å². The van der Waals surface area contributed by atoms with Gasteiger partial charge in [0.2, 0.25) is 0 Å². The molecule has 3 nitrogen and oxygen atoms in total. The van der Waals surface area contributed by atoms with Gasteiger partial charge in [-0.25, -0.2) is 0 Å². The van der Waals surface area contributed by atoms with E-state index in [1.165, 1.54) is 56.9 Å². The minimum absolute atomic E-state index is 0.0123. The summed E-state index contributed by atoms with van der Waals surface area (Å²) in [4.78, 5) is 0. The number of hydrogen-bond acceptors (Lipinski definition) is 3. The van der Waals surface area contributed by atoms with Crippen LogP contribution in [0.15, 0.2) is 59.8 Å². The fourth-order valence-corrected chi connectivity index (χ4v) is 7.93. The Morgan fingerprint density at radius 1 is 1.05 bits per heavy atom. The van der Waals surface area contributed by atoms with Gasteiger partial charge < -0.3 is 15.3 Å². The molecule has 3 heteroatoms. The Morgan fingerprint density at radius 2 is 1.84 bits per heavy atom. The molecule has 0 amide bonds. The van der Waals surface area contributed by atoms with E-state index in [4.69, 9.17) is 0 Å². The number of hydrogen-bond donors (Lipinski definition) is 3. The second kappa shape index (κ2) is 12.8. The first-order chi connectivity index (χ1) is 18.2. The Bertz CT molecular complexity index is 935. The van der Waals surface area contributed by atoms with Crippen LogP contribution in [-0.2, 0) is 0 Å². The topological polar surface area (TPSA) is 60.7 Å². The molecule has 7 atom stereocenters. The molecule has 4 aliphatic carbocycles. The van der Waals surface area contributed by atoms with Gasteiger partial charge in [-0.1, -0.05) is 88.6 Å². The summed E-state index contributed by atoms with van der Waals surface area (Å²) < 4.78 is 0. The first-order valence-corrected chi connectivity index (χ1v) is 15.7. The number of unbranched alkanes of at least 4 members (excludes halogenated alkanes) is 4.